The second-order valence-corrected chi connectivity index (χ2v) is 9.31. The molecule has 0 fully saturated rings. The first-order valence-corrected chi connectivity index (χ1v) is 10.8. The fourth-order valence-corrected chi connectivity index (χ4v) is 5.63. The molecule has 0 saturated carbocycles. The van der Waals surface area contributed by atoms with Crippen LogP contribution in [0.4, 0.5) is 0 Å². The third kappa shape index (κ3) is 3.65. The van der Waals surface area contributed by atoms with E-state index in [9.17, 15) is 23.2 Å². The first kappa shape index (κ1) is 22.0. The largest absolute Gasteiger partial charge is 0.508 e. The molecule has 3 rings (SSSR count). The van der Waals surface area contributed by atoms with Crippen LogP contribution in [0.25, 0.3) is 0 Å². The standard InChI is InChI=1S/C19H12Cl4O5S/c20-11-7-10(8-12(21)9-11)19(29(26,27)28,13-3-1-2-4-15(13)24)17-16(25)6-5-14(22)18(17)23/h1-9,24-25H,(H,26,27,28). The minimum Gasteiger partial charge on any atom is -0.508 e. The molecule has 29 heavy (non-hydrogen) atoms. The van der Waals surface area contributed by atoms with Crippen LogP contribution in [0.1, 0.15) is 16.7 Å². The molecule has 0 aliphatic rings. The quantitative estimate of drug-likeness (QED) is 0.311. The number of hydrogen-bond acceptors (Lipinski definition) is 4. The molecule has 10 heteroatoms. The zero-order valence-corrected chi connectivity index (χ0v) is 18.1. The molecule has 152 valence electrons. The van der Waals surface area contributed by atoms with E-state index in [1.54, 1.807) is 0 Å². The van der Waals surface area contributed by atoms with E-state index in [1.165, 1.54) is 48.5 Å². The number of phenols is 2. The lowest BCUT2D eigenvalue weighted by molar-refractivity contribution is 0.428. The molecule has 0 heterocycles. The maximum absolute atomic E-state index is 13.0. The number of benzene rings is 3. The third-order valence-corrected chi connectivity index (χ3v) is 7.04. The van der Waals surface area contributed by atoms with Gasteiger partial charge in [-0.3, -0.25) is 4.55 Å². The minimum absolute atomic E-state index is 0.0496. The second-order valence-electron chi connectivity index (χ2n) is 6.09. The van der Waals surface area contributed by atoms with Gasteiger partial charge in [0.15, 0.2) is 4.75 Å². The van der Waals surface area contributed by atoms with Crippen molar-refractivity contribution < 1.29 is 23.2 Å². The SMILES string of the molecule is O=S(=O)(O)C(c1cc(Cl)cc(Cl)c1)(c1ccccc1O)c1c(O)ccc(Cl)c1Cl. The van der Waals surface area contributed by atoms with Crippen LogP contribution in [-0.4, -0.2) is 23.2 Å². The normalized spacial score (nSPS) is 13.8. The Hall–Kier alpha value is -1.67. The van der Waals surface area contributed by atoms with Crippen LogP contribution in [0.3, 0.4) is 0 Å². The van der Waals surface area contributed by atoms with Crippen LogP contribution in [0.5, 0.6) is 11.5 Å². The van der Waals surface area contributed by atoms with Gasteiger partial charge in [0.2, 0.25) is 0 Å². The third-order valence-electron chi connectivity index (χ3n) is 4.36. The molecule has 3 N–H and O–H groups in total. The maximum atomic E-state index is 13.0. The predicted octanol–water partition coefficient (Wildman–Crippen LogP) is 5.89. The summed E-state index contributed by atoms with van der Waals surface area (Å²) in [4.78, 5) is 0. The Kier molecular flexibility index (Phi) is 5.98. The summed E-state index contributed by atoms with van der Waals surface area (Å²) in [6.45, 7) is 0. The van der Waals surface area contributed by atoms with Crippen LogP contribution in [-0.2, 0) is 14.9 Å². The lowest BCUT2D eigenvalue weighted by atomic mass is 9.83. The lowest BCUT2D eigenvalue weighted by Gasteiger charge is -2.34. The molecule has 0 aromatic heterocycles. The van der Waals surface area contributed by atoms with Gasteiger partial charge in [-0.05, 0) is 42.0 Å². The molecule has 1 atom stereocenters. The smallest absolute Gasteiger partial charge is 0.283 e. The summed E-state index contributed by atoms with van der Waals surface area (Å²) >= 11 is 24.6. The van der Waals surface area contributed by atoms with Gasteiger partial charge in [-0.15, -0.1) is 0 Å². The monoisotopic (exact) mass is 492 g/mol. The van der Waals surface area contributed by atoms with Crippen molar-refractivity contribution in [1.82, 2.24) is 0 Å². The van der Waals surface area contributed by atoms with E-state index in [-0.39, 0.29) is 31.2 Å². The Morgan fingerprint density at radius 1 is 0.793 bits per heavy atom. The number of para-hydroxylation sites is 1. The van der Waals surface area contributed by atoms with Crippen LogP contribution in [0.15, 0.2) is 54.6 Å². The molecule has 0 saturated heterocycles. The molecule has 0 amide bonds. The van der Waals surface area contributed by atoms with E-state index in [4.69, 9.17) is 46.4 Å². The van der Waals surface area contributed by atoms with E-state index in [1.807, 2.05) is 0 Å². The number of rotatable bonds is 4. The zero-order valence-electron chi connectivity index (χ0n) is 14.3. The highest BCUT2D eigenvalue weighted by molar-refractivity contribution is 7.87. The summed E-state index contributed by atoms with van der Waals surface area (Å²) in [6, 6.07) is 11.6. The molecule has 3 aromatic carbocycles. The highest BCUT2D eigenvalue weighted by atomic mass is 35.5. The highest BCUT2D eigenvalue weighted by Crippen LogP contribution is 2.53. The van der Waals surface area contributed by atoms with E-state index >= 15 is 0 Å². The van der Waals surface area contributed by atoms with E-state index in [0.29, 0.717) is 0 Å². The first-order valence-electron chi connectivity index (χ1n) is 7.89. The van der Waals surface area contributed by atoms with Gasteiger partial charge in [0.05, 0.1) is 10.0 Å². The molecule has 0 spiro atoms. The summed E-state index contributed by atoms with van der Waals surface area (Å²) in [7, 11) is -5.18. The minimum atomic E-state index is -5.18. The Balaban J connectivity index is 2.68. The van der Waals surface area contributed by atoms with Crippen molar-refractivity contribution >= 4 is 56.5 Å². The van der Waals surface area contributed by atoms with E-state index in [2.05, 4.69) is 0 Å². The topological polar surface area (TPSA) is 94.8 Å². The molecule has 3 aromatic rings. The number of halogens is 4. The molecule has 5 nitrogen and oxygen atoms in total. The summed E-state index contributed by atoms with van der Waals surface area (Å²) < 4.78 is 33.9. The van der Waals surface area contributed by atoms with Gasteiger partial charge >= 0.3 is 0 Å². The van der Waals surface area contributed by atoms with Crippen molar-refractivity contribution in [3.8, 4) is 11.5 Å². The van der Waals surface area contributed by atoms with Crippen molar-refractivity contribution in [1.29, 1.82) is 0 Å². The van der Waals surface area contributed by atoms with Gasteiger partial charge in [0, 0.05) is 21.2 Å². The molecule has 0 radical (unpaired) electrons. The summed E-state index contributed by atoms with van der Waals surface area (Å²) in [5.74, 6) is -1.08. The van der Waals surface area contributed by atoms with Crippen LogP contribution in [0.2, 0.25) is 20.1 Å². The Morgan fingerprint density at radius 3 is 1.93 bits per heavy atom. The number of aromatic hydroxyl groups is 2. The van der Waals surface area contributed by atoms with Crippen molar-refractivity contribution in [2.75, 3.05) is 0 Å². The molecular formula is C19H12Cl4O5S. The fourth-order valence-electron chi connectivity index (χ4n) is 3.26. The number of phenolic OH excluding ortho intramolecular Hbond substituents is 2. The van der Waals surface area contributed by atoms with E-state index < -0.39 is 31.9 Å². The Bertz CT molecular complexity index is 1190. The molecule has 0 aliphatic carbocycles. The summed E-state index contributed by atoms with van der Waals surface area (Å²) in [6.07, 6.45) is 0. The van der Waals surface area contributed by atoms with Gasteiger partial charge in [-0.2, -0.15) is 8.42 Å². The molecule has 0 aliphatic heterocycles. The van der Waals surface area contributed by atoms with Crippen LogP contribution < -0.4 is 0 Å². The molecule has 0 bridgehead atoms. The lowest BCUT2D eigenvalue weighted by Crippen LogP contribution is -2.38. The highest BCUT2D eigenvalue weighted by Gasteiger charge is 2.53. The molecular weight excluding hydrogens is 482 g/mol. The van der Waals surface area contributed by atoms with Crippen molar-refractivity contribution in [2.24, 2.45) is 0 Å². The van der Waals surface area contributed by atoms with Crippen LogP contribution >= 0.6 is 46.4 Å². The average Bonchev–Trinajstić information content (AvgIpc) is 2.61. The average molecular weight is 494 g/mol. The van der Waals surface area contributed by atoms with Crippen molar-refractivity contribution in [3.63, 3.8) is 0 Å². The Morgan fingerprint density at radius 2 is 1.38 bits per heavy atom. The van der Waals surface area contributed by atoms with Gasteiger partial charge in [0.25, 0.3) is 10.1 Å². The van der Waals surface area contributed by atoms with Crippen molar-refractivity contribution in [3.05, 3.63) is 91.4 Å². The van der Waals surface area contributed by atoms with Gasteiger partial charge in [0.1, 0.15) is 11.5 Å². The Labute approximate surface area is 186 Å². The summed E-state index contributed by atoms with van der Waals surface area (Å²) in [5, 5.41) is 20.8. The number of hydrogen-bond donors (Lipinski definition) is 3. The van der Waals surface area contributed by atoms with Crippen LogP contribution in [0, 0.1) is 0 Å². The molecule has 1 unspecified atom stereocenters. The predicted molar refractivity (Wildman–Crippen MR) is 114 cm³/mol. The second kappa shape index (κ2) is 7.87. The van der Waals surface area contributed by atoms with Gasteiger partial charge in [-0.25, -0.2) is 0 Å². The van der Waals surface area contributed by atoms with Gasteiger partial charge < -0.3 is 10.2 Å². The summed E-state index contributed by atoms with van der Waals surface area (Å²) in [5.41, 5.74) is -0.923. The maximum Gasteiger partial charge on any atom is 0.283 e. The zero-order chi connectivity index (χ0) is 21.6. The van der Waals surface area contributed by atoms with Crippen molar-refractivity contribution in [2.45, 2.75) is 4.75 Å². The fraction of sp³-hybridized carbons (Fsp3) is 0.0526. The van der Waals surface area contributed by atoms with Gasteiger partial charge in [-0.1, -0.05) is 64.6 Å². The van der Waals surface area contributed by atoms with E-state index in [0.717, 1.165) is 6.07 Å². The first-order chi connectivity index (χ1) is 13.5.